The van der Waals surface area contributed by atoms with Crippen LogP contribution in [0.3, 0.4) is 0 Å². The summed E-state index contributed by atoms with van der Waals surface area (Å²) < 4.78 is 68.6. The number of benzene rings is 2. The number of methoxy groups -OCH3 is 2. The number of sulfonamides is 1. The summed E-state index contributed by atoms with van der Waals surface area (Å²) >= 11 is 0. The number of ether oxygens (including phenoxy) is 2. The summed E-state index contributed by atoms with van der Waals surface area (Å²) in [5.41, 5.74) is 0.997. The second-order valence-corrected chi connectivity index (χ2v) is 8.69. The Morgan fingerprint density at radius 1 is 0.967 bits per heavy atom. The molecule has 0 N–H and O–H groups in total. The van der Waals surface area contributed by atoms with Gasteiger partial charge in [0.15, 0.2) is 11.6 Å². The standard InChI is InChI=1S/C21H20F2N2O4S/c1-28-15-6-8-19(29-2)20(13-15)30(26,27)25-11-10-24-9-3-4-18(24)21(25)14-5-7-16(22)17(23)12-14/h3-9,12-13,21H,10-11H2,1-2H3/t21-/m1/s1. The van der Waals surface area contributed by atoms with E-state index in [2.05, 4.69) is 0 Å². The fourth-order valence-electron chi connectivity index (χ4n) is 3.75. The van der Waals surface area contributed by atoms with Gasteiger partial charge in [-0.1, -0.05) is 6.07 Å². The monoisotopic (exact) mass is 434 g/mol. The lowest BCUT2D eigenvalue weighted by Crippen LogP contribution is -2.42. The van der Waals surface area contributed by atoms with Crippen LogP contribution in [0.1, 0.15) is 17.3 Å². The van der Waals surface area contributed by atoms with E-state index < -0.39 is 27.7 Å². The Hall–Kier alpha value is -2.91. The van der Waals surface area contributed by atoms with Crippen LogP contribution in [-0.2, 0) is 16.6 Å². The molecule has 1 atom stereocenters. The van der Waals surface area contributed by atoms with Crippen LogP contribution in [0.25, 0.3) is 0 Å². The lowest BCUT2D eigenvalue weighted by Gasteiger charge is -2.36. The number of halogens is 2. The van der Waals surface area contributed by atoms with Gasteiger partial charge in [-0.25, -0.2) is 17.2 Å². The van der Waals surface area contributed by atoms with Crippen LogP contribution in [0.4, 0.5) is 8.78 Å². The minimum atomic E-state index is -4.08. The molecule has 0 saturated heterocycles. The van der Waals surface area contributed by atoms with Crippen molar-refractivity contribution in [2.24, 2.45) is 0 Å². The SMILES string of the molecule is COc1ccc(OC)c(S(=O)(=O)N2CCn3cccc3[C@H]2c2ccc(F)c(F)c2)c1. The highest BCUT2D eigenvalue weighted by Crippen LogP contribution is 2.39. The van der Waals surface area contributed by atoms with Gasteiger partial charge in [-0.15, -0.1) is 0 Å². The van der Waals surface area contributed by atoms with Gasteiger partial charge in [0.1, 0.15) is 16.4 Å². The van der Waals surface area contributed by atoms with E-state index in [4.69, 9.17) is 9.47 Å². The Bertz CT molecular complexity index is 1190. The number of hydrogen-bond acceptors (Lipinski definition) is 4. The molecule has 0 saturated carbocycles. The third-order valence-electron chi connectivity index (χ3n) is 5.21. The van der Waals surface area contributed by atoms with Gasteiger partial charge < -0.3 is 14.0 Å². The first-order chi connectivity index (χ1) is 14.4. The first-order valence-electron chi connectivity index (χ1n) is 9.20. The fraction of sp³-hybridized carbons (Fsp3) is 0.238. The minimum Gasteiger partial charge on any atom is -0.497 e. The van der Waals surface area contributed by atoms with Crippen LogP contribution in [0, 0.1) is 11.6 Å². The van der Waals surface area contributed by atoms with Crippen molar-refractivity contribution in [3.8, 4) is 11.5 Å². The van der Waals surface area contributed by atoms with Crippen molar-refractivity contribution in [2.45, 2.75) is 17.5 Å². The zero-order chi connectivity index (χ0) is 21.5. The highest BCUT2D eigenvalue weighted by atomic mass is 32.2. The van der Waals surface area contributed by atoms with Crippen LogP contribution in [0.15, 0.2) is 59.6 Å². The molecule has 0 unspecified atom stereocenters. The van der Waals surface area contributed by atoms with Crippen LogP contribution in [0.5, 0.6) is 11.5 Å². The Kier molecular flexibility index (Phi) is 5.25. The average Bonchev–Trinajstić information content (AvgIpc) is 3.23. The summed E-state index contributed by atoms with van der Waals surface area (Å²) in [6.07, 6.45) is 1.83. The van der Waals surface area contributed by atoms with E-state index in [0.29, 0.717) is 23.6 Å². The van der Waals surface area contributed by atoms with Gasteiger partial charge in [-0.05, 0) is 42.0 Å². The average molecular weight is 434 g/mol. The number of hydrogen-bond donors (Lipinski definition) is 0. The Morgan fingerprint density at radius 2 is 1.77 bits per heavy atom. The molecule has 0 aliphatic carbocycles. The molecule has 3 aromatic rings. The number of aromatic nitrogens is 1. The lowest BCUT2D eigenvalue weighted by atomic mass is 10.0. The number of rotatable bonds is 5. The topological polar surface area (TPSA) is 60.8 Å². The summed E-state index contributed by atoms with van der Waals surface area (Å²) in [6.45, 7) is 0.571. The van der Waals surface area contributed by atoms with Gasteiger partial charge in [0.25, 0.3) is 0 Å². The van der Waals surface area contributed by atoms with E-state index in [1.165, 1.54) is 36.7 Å². The number of nitrogens with zero attached hydrogens (tertiary/aromatic N) is 2. The third-order valence-corrected chi connectivity index (χ3v) is 7.10. The quantitative estimate of drug-likeness (QED) is 0.616. The van der Waals surface area contributed by atoms with Crippen LogP contribution >= 0.6 is 0 Å². The zero-order valence-electron chi connectivity index (χ0n) is 16.4. The summed E-state index contributed by atoms with van der Waals surface area (Å²) in [4.78, 5) is -0.0584. The van der Waals surface area contributed by atoms with Crippen molar-refractivity contribution in [1.29, 1.82) is 0 Å². The molecule has 2 aromatic carbocycles. The summed E-state index contributed by atoms with van der Waals surface area (Å²) in [5, 5.41) is 0. The van der Waals surface area contributed by atoms with Crippen LogP contribution in [-0.4, -0.2) is 38.1 Å². The van der Waals surface area contributed by atoms with Gasteiger partial charge in [0.05, 0.1) is 20.3 Å². The molecule has 0 spiro atoms. The van der Waals surface area contributed by atoms with E-state index in [9.17, 15) is 17.2 Å². The molecule has 1 aromatic heterocycles. The summed E-state index contributed by atoms with van der Waals surface area (Å²) in [5.74, 6) is -1.50. The van der Waals surface area contributed by atoms with Gasteiger partial charge in [0.2, 0.25) is 10.0 Å². The van der Waals surface area contributed by atoms with Crippen molar-refractivity contribution in [3.63, 3.8) is 0 Å². The van der Waals surface area contributed by atoms with Gasteiger partial charge >= 0.3 is 0 Å². The molecular formula is C21H20F2N2O4S. The largest absolute Gasteiger partial charge is 0.497 e. The molecule has 2 heterocycles. The first-order valence-corrected chi connectivity index (χ1v) is 10.6. The summed E-state index contributed by atoms with van der Waals surface area (Å²) in [7, 11) is -1.25. The van der Waals surface area contributed by atoms with Gasteiger partial charge in [0, 0.05) is 31.0 Å². The molecule has 6 nitrogen and oxygen atoms in total. The lowest BCUT2D eigenvalue weighted by molar-refractivity contribution is 0.295. The van der Waals surface area contributed by atoms with E-state index in [1.54, 1.807) is 18.2 Å². The van der Waals surface area contributed by atoms with Crippen molar-refractivity contribution in [2.75, 3.05) is 20.8 Å². The molecular weight excluding hydrogens is 414 g/mol. The Balaban J connectivity index is 1.89. The maximum atomic E-state index is 14.0. The molecule has 4 rings (SSSR count). The molecule has 0 bridgehead atoms. The number of fused-ring (bicyclic) bond motifs is 1. The first kappa shape index (κ1) is 20.4. The molecule has 158 valence electrons. The predicted molar refractivity (Wildman–Crippen MR) is 106 cm³/mol. The maximum absolute atomic E-state index is 14.0. The molecule has 0 fully saturated rings. The normalized spacial score (nSPS) is 16.9. The molecule has 1 aliphatic heterocycles. The van der Waals surface area contributed by atoms with Gasteiger partial charge in [-0.2, -0.15) is 4.31 Å². The van der Waals surface area contributed by atoms with E-state index >= 15 is 0 Å². The highest BCUT2D eigenvalue weighted by molar-refractivity contribution is 7.89. The van der Waals surface area contributed by atoms with Crippen molar-refractivity contribution in [1.82, 2.24) is 8.87 Å². The van der Waals surface area contributed by atoms with E-state index in [-0.39, 0.29) is 17.2 Å². The Labute approximate surface area is 173 Å². The third kappa shape index (κ3) is 3.33. The molecule has 0 radical (unpaired) electrons. The fourth-order valence-corrected chi connectivity index (χ4v) is 5.51. The van der Waals surface area contributed by atoms with Crippen molar-refractivity contribution in [3.05, 3.63) is 77.6 Å². The molecule has 30 heavy (non-hydrogen) atoms. The zero-order valence-corrected chi connectivity index (χ0v) is 17.2. The molecule has 9 heteroatoms. The molecule has 1 aliphatic rings. The van der Waals surface area contributed by atoms with Crippen molar-refractivity contribution >= 4 is 10.0 Å². The maximum Gasteiger partial charge on any atom is 0.247 e. The van der Waals surface area contributed by atoms with Crippen molar-refractivity contribution < 1.29 is 26.7 Å². The van der Waals surface area contributed by atoms with E-state index in [0.717, 1.165) is 12.1 Å². The van der Waals surface area contributed by atoms with Crippen LogP contribution < -0.4 is 9.47 Å². The highest BCUT2D eigenvalue weighted by Gasteiger charge is 2.39. The second-order valence-electron chi connectivity index (χ2n) is 6.84. The Morgan fingerprint density at radius 3 is 2.47 bits per heavy atom. The van der Waals surface area contributed by atoms with Gasteiger partial charge in [-0.3, -0.25) is 0 Å². The summed E-state index contributed by atoms with van der Waals surface area (Å²) in [6, 6.07) is 10.7. The molecule has 0 amide bonds. The van der Waals surface area contributed by atoms with Crippen LogP contribution in [0.2, 0.25) is 0 Å². The minimum absolute atomic E-state index is 0.0584. The smallest absolute Gasteiger partial charge is 0.247 e. The van der Waals surface area contributed by atoms with E-state index in [1.807, 2.05) is 10.8 Å². The predicted octanol–water partition coefficient (Wildman–Crippen LogP) is 3.58. The second kappa shape index (κ2) is 7.73.